The molecule has 2 aromatic carbocycles. The minimum absolute atomic E-state index is 0.00812. The molecule has 0 amide bonds. The predicted octanol–water partition coefficient (Wildman–Crippen LogP) is 10.2. The van der Waals surface area contributed by atoms with Gasteiger partial charge in [-0.25, -0.2) is 4.98 Å². The van der Waals surface area contributed by atoms with Crippen molar-refractivity contribution < 1.29 is 47.9 Å². The molecule has 0 bridgehead atoms. The third-order valence-corrected chi connectivity index (χ3v) is 13.5. The Labute approximate surface area is 353 Å². The topological polar surface area (TPSA) is 140 Å². The van der Waals surface area contributed by atoms with E-state index in [0.29, 0.717) is 97.6 Å². The fraction of sp³-hybridized carbons (Fsp3) is 0.478. The molecule has 4 aromatic rings. The molecule has 0 saturated heterocycles. The van der Waals surface area contributed by atoms with E-state index in [0.717, 1.165) is 28.5 Å². The number of thiazole rings is 1. The van der Waals surface area contributed by atoms with Crippen molar-refractivity contribution in [2.75, 3.05) is 13.7 Å². The number of carbonyl (C=O) groups is 3. The zero-order chi connectivity index (χ0) is 41.1. The summed E-state index contributed by atoms with van der Waals surface area (Å²) < 4.78 is 35.4. The van der Waals surface area contributed by atoms with E-state index < -0.39 is 6.29 Å². The zero-order valence-electron chi connectivity index (χ0n) is 33.7. The van der Waals surface area contributed by atoms with Crippen LogP contribution in [0.3, 0.4) is 0 Å². The number of hydrogen-bond donors (Lipinski definition) is 1. The van der Waals surface area contributed by atoms with E-state index in [1.165, 1.54) is 24.2 Å². The van der Waals surface area contributed by atoms with Crippen molar-refractivity contribution in [3.05, 3.63) is 77.9 Å². The summed E-state index contributed by atoms with van der Waals surface area (Å²) in [5.41, 5.74) is 0.482. The van der Waals surface area contributed by atoms with Gasteiger partial charge in [-0.15, -0.1) is 22.7 Å². The number of fused-ring (bicyclic) bond motifs is 1. The average Bonchev–Trinajstić information content (AvgIpc) is 3.97. The van der Waals surface area contributed by atoms with Gasteiger partial charge in [0, 0.05) is 13.0 Å². The van der Waals surface area contributed by atoms with Gasteiger partial charge in [0.05, 0.1) is 35.3 Å². The van der Waals surface area contributed by atoms with Crippen molar-refractivity contribution in [2.24, 2.45) is 23.7 Å². The third-order valence-electron chi connectivity index (χ3n) is 11.4. The van der Waals surface area contributed by atoms with E-state index in [9.17, 15) is 19.5 Å². The van der Waals surface area contributed by atoms with Crippen LogP contribution in [-0.4, -0.2) is 54.1 Å². The number of carbonyl (C=O) groups excluding carboxylic acids is 3. The maximum absolute atomic E-state index is 13.6. The Morgan fingerprint density at radius 2 is 1.46 bits per heavy atom. The maximum atomic E-state index is 13.6. The molecule has 2 atom stereocenters. The minimum atomic E-state index is -1.11. The molecule has 2 heterocycles. The Bertz CT molecular complexity index is 2080. The van der Waals surface area contributed by atoms with Crippen molar-refractivity contribution in [3.63, 3.8) is 0 Å². The molecular weight excluding hydrogens is 791 g/mol. The van der Waals surface area contributed by atoms with Gasteiger partial charge in [-0.1, -0.05) is 38.3 Å². The number of nitrogens with zero attached hydrogens (tertiary/aromatic N) is 1. The first-order valence-corrected chi connectivity index (χ1v) is 22.6. The molecule has 314 valence electrons. The highest BCUT2D eigenvalue weighted by atomic mass is 32.1. The molecule has 59 heavy (non-hydrogen) atoms. The summed E-state index contributed by atoms with van der Waals surface area (Å²) in [6.07, 6.45) is 14.0. The van der Waals surface area contributed by atoms with E-state index in [4.69, 9.17) is 33.4 Å². The summed E-state index contributed by atoms with van der Waals surface area (Å²) in [6.45, 7) is 2.84. The first-order valence-electron chi connectivity index (χ1n) is 20.9. The molecule has 2 aromatic heterocycles. The minimum Gasteiger partial charge on any atom is -0.494 e. The number of ether oxygens (including phenoxy) is 6. The van der Waals surface area contributed by atoms with Crippen LogP contribution in [0.5, 0.6) is 23.0 Å². The number of hydrogen-bond acceptors (Lipinski definition) is 13. The lowest BCUT2D eigenvalue weighted by molar-refractivity contribution is -0.147. The highest BCUT2D eigenvalue weighted by Crippen LogP contribution is 2.43. The van der Waals surface area contributed by atoms with Crippen LogP contribution in [0, 0.1) is 23.7 Å². The Balaban J connectivity index is 0.923. The molecular formula is C46H53NO10S2. The summed E-state index contributed by atoms with van der Waals surface area (Å²) in [5.74, 6) is 0.511. The maximum Gasteiger partial charge on any atom is 0.314 e. The van der Waals surface area contributed by atoms with Gasteiger partial charge in [0.1, 0.15) is 38.2 Å². The zero-order valence-corrected chi connectivity index (χ0v) is 35.3. The van der Waals surface area contributed by atoms with Crippen LogP contribution in [0.2, 0.25) is 0 Å². The second-order valence-electron chi connectivity index (χ2n) is 15.5. The first-order chi connectivity index (χ1) is 28.8. The first kappa shape index (κ1) is 42.6. The summed E-state index contributed by atoms with van der Waals surface area (Å²) in [7, 11) is 1.65. The van der Waals surface area contributed by atoms with Gasteiger partial charge in [0.15, 0.2) is 12.0 Å². The summed E-state index contributed by atoms with van der Waals surface area (Å²) in [4.78, 5) is 45.4. The smallest absolute Gasteiger partial charge is 0.314 e. The predicted molar refractivity (Wildman–Crippen MR) is 227 cm³/mol. The molecule has 11 nitrogen and oxygen atoms in total. The molecule has 2 fully saturated rings. The molecule has 13 heteroatoms. The number of allylic oxidation sites excluding steroid dienone is 1. The lowest BCUT2D eigenvalue weighted by Gasteiger charge is -2.30. The van der Waals surface area contributed by atoms with Crippen molar-refractivity contribution in [3.8, 4) is 32.9 Å². The second-order valence-corrected chi connectivity index (χ2v) is 17.5. The SMILES string of the molecule is CCCCCCOc1ccc(OC(=O)C2CCC(C(=O)Oc3ccc(OC(O)C4CCC(C(=O)OC5=CCC(OC)C=C5)CC4)c4sc(-c5cccs5)nc34)CC2)cc1. The van der Waals surface area contributed by atoms with Crippen molar-refractivity contribution in [2.45, 2.75) is 103 Å². The summed E-state index contributed by atoms with van der Waals surface area (Å²) >= 11 is 2.97. The molecule has 2 unspecified atom stereocenters. The van der Waals surface area contributed by atoms with E-state index in [2.05, 4.69) is 6.92 Å². The van der Waals surface area contributed by atoms with Gasteiger partial charge >= 0.3 is 17.9 Å². The fourth-order valence-corrected chi connectivity index (χ4v) is 9.65. The number of aromatic nitrogens is 1. The molecule has 1 N–H and O–H groups in total. The Morgan fingerprint density at radius 1 is 0.797 bits per heavy atom. The van der Waals surface area contributed by atoms with Crippen LogP contribution in [0.4, 0.5) is 0 Å². The highest BCUT2D eigenvalue weighted by Gasteiger charge is 2.35. The molecule has 0 radical (unpaired) electrons. The number of thiophene rings is 1. The van der Waals surface area contributed by atoms with Gasteiger partial charge in [-0.3, -0.25) is 14.4 Å². The molecule has 3 aliphatic carbocycles. The van der Waals surface area contributed by atoms with Crippen LogP contribution in [0.1, 0.15) is 90.4 Å². The van der Waals surface area contributed by atoms with Crippen LogP contribution in [0.15, 0.2) is 77.9 Å². The van der Waals surface area contributed by atoms with Gasteiger partial charge < -0.3 is 33.5 Å². The molecule has 2 saturated carbocycles. The second kappa shape index (κ2) is 20.6. The van der Waals surface area contributed by atoms with E-state index in [1.54, 1.807) is 48.8 Å². The van der Waals surface area contributed by atoms with Crippen LogP contribution < -0.4 is 18.9 Å². The van der Waals surface area contributed by atoms with Crippen LogP contribution in [0.25, 0.3) is 20.1 Å². The van der Waals surface area contributed by atoms with Crippen molar-refractivity contribution in [1.82, 2.24) is 4.98 Å². The largest absolute Gasteiger partial charge is 0.494 e. The lowest BCUT2D eigenvalue weighted by atomic mass is 9.81. The number of esters is 3. The lowest BCUT2D eigenvalue weighted by Crippen LogP contribution is -2.32. The van der Waals surface area contributed by atoms with Gasteiger partial charge in [-0.2, -0.15) is 0 Å². The van der Waals surface area contributed by atoms with E-state index in [1.807, 2.05) is 41.8 Å². The number of aliphatic hydroxyl groups is 1. The standard InChI is InChI=1S/C46H53NO10S2/c1-3-4-5-6-27-53-34-19-23-36(24-20-34)55-44(49)29-9-13-31(14-10-29)45(50)56-37-25-26-38(41-40(37)47-42(59-41)39-8-7-28-58-39)57-46(51)32-15-11-30(12-16-32)43(48)54-35-21-17-33(52-2)18-22-35/h7-8,17,19-26,28-33,46,51H,3-6,9-16,18,27H2,1-2H3. The van der Waals surface area contributed by atoms with Crippen LogP contribution >= 0.6 is 22.7 Å². The fourth-order valence-electron chi connectivity index (χ4n) is 7.82. The monoisotopic (exact) mass is 843 g/mol. The Kier molecular flexibility index (Phi) is 14.9. The van der Waals surface area contributed by atoms with Gasteiger partial charge in [0.25, 0.3) is 0 Å². The Morgan fingerprint density at radius 3 is 2.10 bits per heavy atom. The Hall–Kier alpha value is -4.56. The van der Waals surface area contributed by atoms with Crippen LogP contribution in [-0.2, 0) is 23.9 Å². The normalized spacial score (nSPS) is 22.3. The van der Waals surface area contributed by atoms with E-state index >= 15 is 0 Å². The number of methoxy groups -OCH3 is 1. The number of rotatable bonds is 17. The van der Waals surface area contributed by atoms with Crippen molar-refractivity contribution in [1.29, 1.82) is 0 Å². The van der Waals surface area contributed by atoms with E-state index in [-0.39, 0.29) is 47.7 Å². The van der Waals surface area contributed by atoms with Crippen molar-refractivity contribution >= 4 is 50.8 Å². The highest BCUT2D eigenvalue weighted by molar-refractivity contribution is 7.25. The summed E-state index contributed by atoms with van der Waals surface area (Å²) in [6, 6.07) is 14.5. The molecule has 0 spiro atoms. The number of benzene rings is 2. The quantitative estimate of drug-likeness (QED) is 0.0470. The molecule has 7 rings (SSSR count). The summed E-state index contributed by atoms with van der Waals surface area (Å²) in [5, 5.41) is 14.0. The average molecular weight is 844 g/mol. The number of unbranched alkanes of at least 4 members (excludes halogenated alkanes) is 3. The third kappa shape index (κ3) is 11.2. The van der Waals surface area contributed by atoms with Gasteiger partial charge in [0.2, 0.25) is 0 Å². The molecule has 3 aliphatic rings. The molecule has 0 aliphatic heterocycles. The van der Waals surface area contributed by atoms with Gasteiger partial charge in [-0.05, 0) is 124 Å². The number of aliphatic hydroxyl groups excluding tert-OH is 1.